The Labute approximate surface area is 206 Å². The van der Waals surface area contributed by atoms with Crippen LogP contribution in [0.25, 0.3) is 22.4 Å². The average molecular weight is 470 g/mol. The van der Waals surface area contributed by atoms with Crippen molar-refractivity contribution in [3.8, 4) is 17.0 Å². The SMILES string of the molecule is CCCCOc1ccc(-c2cnc3ccc(NC(=O)NCCCCc4ccccc4)nc3n2)cc1. The van der Waals surface area contributed by atoms with Crippen LogP contribution in [-0.2, 0) is 6.42 Å². The van der Waals surface area contributed by atoms with Crippen LogP contribution >= 0.6 is 0 Å². The van der Waals surface area contributed by atoms with Crippen molar-refractivity contribution in [2.45, 2.75) is 39.0 Å². The molecule has 0 aliphatic heterocycles. The van der Waals surface area contributed by atoms with E-state index in [1.807, 2.05) is 42.5 Å². The number of urea groups is 1. The largest absolute Gasteiger partial charge is 0.494 e. The summed E-state index contributed by atoms with van der Waals surface area (Å²) in [5, 5.41) is 5.68. The zero-order valence-electron chi connectivity index (χ0n) is 20.0. The van der Waals surface area contributed by atoms with Crippen molar-refractivity contribution in [3.05, 3.63) is 78.5 Å². The third-order valence-corrected chi connectivity index (χ3v) is 5.59. The van der Waals surface area contributed by atoms with Crippen LogP contribution in [-0.4, -0.2) is 34.1 Å². The second-order valence-corrected chi connectivity index (χ2v) is 8.34. The number of nitrogens with one attached hydrogen (secondary N) is 2. The average Bonchev–Trinajstić information content (AvgIpc) is 2.89. The highest BCUT2D eigenvalue weighted by atomic mass is 16.5. The molecule has 4 aromatic rings. The minimum Gasteiger partial charge on any atom is -0.494 e. The molecule has 4 rings (SSSR count). The van der Waals surface area contributed by atoms with Gasteiger partial charge < -0.3 is 10.1 Å². The highest BCUT2D eigenvalue weighted by Crippen LogP contribution is 2.22. The number of rotatable bonds is 11. The van der Waals surface area contributed by atoms with Gasteiger partial charge in [-0.1, -0.05) is 43.7 Å². The van der Waals surface area contributed by atoms with Crippen LogP contribution in [0.4, 0.5) is 10.6 Å². The summed E-state index contributed by atoms with van der Waals surface area (Å²) in [4.78, 5) is 25.9. The molecule has 0 atom stereocenters. The normalized spacial score (nSPS) is 10.8. The van der Waals surface area contributed by atoms with E-state index < -0.39 is 0 Å². The lowest BCUT2D eigenvalue weighted by Crippen LogP contribution is -2.29. The van der Waals surface area contributed by atoms with E-state index in [4.69, 9.17) is 4.74 Å². The van der Waals surface area contributed by atoms with E-state index >= 15 is 0 Å². The number of aryl methyl sites for hydroxylation is 1. The molecule has 0 fully saturated rings. The number of ether oxygens (including phenoxy) is 1. The molecule has 0 aliphatic carbocycles. The first-order valence-electron chi connectivity index (χ1n) is 12.2. The third-order valence-electron chi connectivity index (χ3n) is 5.59. The number of hydrogen-bond acceptors (Lipinski definition) is 5. The molecule has 0 saturated heterocycles. The Bertz CT molecular complexity index is 1230. The van der Waals surface area contributed by atoms with Crippen molar-refractivity contribution in [2.24, 2.45) is 0 Å². The van der Waals surface area contributed by atoms with Gasteiger partial charge in [-0.15, -0.1) is 0 Å². The molecule has 7 heteroatoms. The van der Waals surface area contributed by atoms with Gasteiger partial charge in [0.1, 0.15) is 17.1 Å². The number of pyridine rings is 1. The number of nitrogens with zero attached hydrogens (tertiary/aromatic N) is 3. The Hall–Kier alpha value is -4.00. The number of anilines is 1. The molecule has 35 heavy (non-hydrogen) atoms. The first-order chi connectivity index (χ1) is 17.2. The molecule has 2 aromatic carbocycles. The van der Waals surface area contributed by atoms with Crippen molar-refractivity contribution >= 4 is 23.0 Å². The standard InChI is InChI=1S/C28H31N5O2/c1-2-3-19-35-23-14-12-22(13-15-23)25-20-30-24-16-17-26(32-27(24)31-25)33-28(34)29-18-8-7-11-21-9-5-4-6-10-21/h4-6,9-10,12-17,20H,2-3,7-8,11,18-19H2,1H3,(H2,29,31,32,33,34). The Morgan fingerprint density at radius 1 is 0.914 bits per heavy atom. The van der Waals surface area contributed by atoms with Crippen molar-refractivity contribution in [2.75, 3.05) is 18.5 Å². The summed E-state index contributed by atoms with van der Waals surface area (Å²) < 4.78 is 5.73. The summed E-state index contributed by atoms with van der Waals surface area (Å²) in [6.45, 7) is 3.46. The van der Waals surface area contributed by atoms with Crippen LogP contribution in [0.5, 0.6) is 5.75 Å². The van der Waals surface area contributed by atoms with E-state index in [0.717, 1.165) is 43.4 Å². The van der Waals surface area contributed by atoms with Crippen molar-refractivity contribution in [3.63, 3.8) is 0 Å². The van der Waals surface area contributed by atoms with Crippen molar-refractivity contribution < 1.29 is 9.53 Å². The van der Waals surface area contributed by atoms with Gasteiger partial charge in [0.15, 0.2) is 5.65 Å². The van der Waals surface area contributed by atoms with Gasteiger partial charge >= 0.3 is 6.03 Å². The molecule has 2 N–H and O–H groups in total. The van der Waals surface area contributed by atoms with Gasteiger partial charge in [0, 0.05) is 12.1 Å². The van der Waals surface area contributed by atoms with E-state index in [2.05, 4.69) is 44.6 Å². The summed E-state index contributed by atoms with van der Waals surface area (Å²) in [5.41, 5.74) is 4.10. The molecule has 2 aromatic heterocycles. The van der Waals surface area contributed by atoms with Gasteiger partial charge in [-0.2, -0.15) is 0 Å². The fraction of sp³-hybridized carbons (Fsp3) is 0.286. The first kappa shape index (κ1) is 24.1. The molecular formula is C28H31N5O2. The summed E-state index contributed by atoms with van der Waals surface area (Å²) >= 11 is 0. The number of benzene rings is 2. The Kier molecular flexibility index (Phi) is 8.59. The zero-order chi connectivity index (χ0) is 24.3. The molecule has 0 saturated carbocycles. The van der Waals surface area contributed by atoms with Crippen molar-refractivity contribution in [1.82, 2.24) is 20.3 Å². The molecule has 0 spiro atoms. The third kappa shape index (κ3) is 7.24. The molecule has 0 bridgehead atoms. The highest BCUT2D eigenvalue weighted by Gasteiger charge is 2.08. The number of carbonyl (C=O) groups is 1. The summed E-state index contributed by atoms with van der Waals surface area (Å²) in [5.74, 6) is 1.28. The Morgan fingerprint density at radius 2 is 1.74 bits per heavy atom. The maximum Gasteiger partial charge on any atom is 0.320 e. The zero-order valence-corrected chi connectivity index (χ0v) is 20.0. The number of carbonyl (C=O) groups excluding carboxylic acids is 1. The highest BCUT2D eigenvalue weighted by molar-refractivity contribution is 5.89. The second-order valence-electron chi connectivity index (χ2n) is 8.34. The number of amides is 2. The van der Waals surface area contributed by atoms with Gasteiger partial charge in [0.05, 0.1) is 18.5 Å². The van der Waals surface area contributed by atoms with Crippen LogP contribution < -0.4 is 15.4 Å². The summed E-state index contributed by atoms with van der Waals surface area (Å²) in [7, 11) is 0. The summed E-state index contributed by atoms with van der Waals surface area (Å²) in [6.07, 6.45) is 6.79. The van der Waals surface area contributed by atoms with Crippen LogP contribution in [0.3, 0.4) is 0 Å². The lowest BCUT2D eigenvalue weighted by Gasteiger charge is -2.09. The molecule has 2 heterocycles. The smallest absolute Gasteiger partial charge is 0.320 e. The van der Waals surface area contributed by atoms with Gasteiger partial charge in [-0.05, 0) is 67.6 Å². The number of fused-ring (bicyclic) bond motifs is 1. The predicted octanol–water partition coefficient (Wildman–Crippen LogP) is 6.02. The first-order valence-corrected chi connectivity index (χ1v) is 12.2. The molecule has 2 amide bonds. The number of hydrogen-bond donors (Lipinski definition) is 2. The fourth-order valence-electron chi connectivity index (χ4n) is 3.62. The van der Waals surface area contributed by atoms with E-state index in [1.54, 1.807) is 18.3 Å². The van der Waals surface area contributed by atoms with Crippen LogP contribution in [0.2, 0.25) is 0 Å². The van der Waals surface area contributed by atoms with E-state index in [9.17, 15) is 4.79 Å². The molecule has 7 nitrogen and oxygen atoms in total. The molecule has 0 unspecified atom stereocenters. The molecular weight excluding hydrogens is 438 g/mol. The molecule has 0 aliphatic rings. The van der Waals surface area contributed by atoms with E-state index in [0.29, 0.717) is 35.8 Å². The van der Waals surface area contributed by atoms with Gasteiger partial charge in [-0.25, -0.2) is 14.8 Å². The monoisotopic (exact) mass is 469 g/mol. The van der Waals surface area contributed by atoms with Crippen molar-refractivity contribution in [1.29, 1.82) is 0 Å². The minimum absolute atomic E-state index is 0.278. The maximum absolute atomic E-state index is 12.3. The van der Waals surface area contributed by atoms with Gasteiger partial charge in [0.25, 0.3) is 0 Å². The second kappa shape index (κ2) is 12.5. The van der Waals surface area contributed by atoms with E-state index in [-0.39, 0.29) is 6.03 Å². The van der Waals surface area contributed by atoms with Crippen LogP contribution in [0, 0.1) is 0 Å². The van der Waals surface area contributed by atoms with Gasteiger partial charge in [0.2, 0.25) is 0 Å². The quantitative estimate of drug-likeness (QED) is 0.262. The van der Waals surface area contributed by atoms with E-state index in [1.165, 1.54) is 5.56 Å². The molecule has 180 valence electrons. The Balaban J connectivity index is 1.30. The lowest BCUT2D eigenvalue weighted by molar-refractivity contribution is 0.252. The van der Waals surface area contributed by atoms with Gasteiger partial charge in [-0.3, -0.25) is 10.3 Å². The topological polar surface area (TPSA) is 89.0 Å². The summed E-state index contributed by atoms with van der Waals surface area (Å²) in [6, 6.07) is 21.4. The predicted molar refractivity (Wildman–Crippen MR) is 140 cm³/mol. The van der Waals surface area contributed by atoms with Crippen LogP contribution in [0.1, 0.15) is 38.2 Å². The maximum atomic E-state index is 12.3. The number of unbranched alkanes of at least 4 members (excludes halogenated alkanes) is 2. The minimum atomic E-state index is -0.278. The lowest BCUT2D eigenvalue weighted by atomic mass is 10.1. The van der Waals surface area contributed by atoms with Crippen LogP contribution in [0.15, 0.2) is 72.9 Å². The number of aromatic nitrogens is 3. The fourth-order valence-corrected chi connectivity index (χ4v) is 3.62. The Morgan fingerprint density at radius 3 is 2.54 bits per heavy atom. The molecule has 0 radical (unpaired) electrons.